The third-order valence-electron chi connectivity index (χ3n) is 3.84. The number of ether oxygens (including phenoxy) is 2. The van der Waals surface area contributed by atoms with E-state index in [1.807, 2.05) is 18.2 Å². The average Bonchev–Trinajstić information content (AvgIpc) is 2.53. The van der Waals surface area contributed by atoms with Crippen molar-refractivity contribution in [1.82, 2.24) is 10.2 Å². The summed E-state index contributed by atoms with van der Waals surface area (Å²) in [6, 6.07) is 6.10. The second-order valence-electron chi connectivity index (χ2n) is 5.10. The summed E-state index contributed by atoms with van der Waals surface area (Å²) in [4.78, 5) is 12.3. The van der Waals surface area contributed by atoms with Crippen LogP contribution in [-0.2, 0) is 6.54 Å². The molecule has 1 amide bonds. The Morgan fingerprint density at radius 1 is 1.33 bits per heavy atom. The zero-order valence-electron chi connectivity index (χ0n) is 12.5. The number of carbonyl (C=O) groups is 1. The quantitative estimate of drug-likeness (QED) is 0.868. The smallest absolute Gasteiger partial charge is 0.407 e. The van der Waals surface area contributed by atoms with Gasteiger partial charge in [0.15, 0.2) is 0 Å². The van der Waals surface area contributed by atoms with Gasteiger partial charge in [-0.15, -0.1) is 0 Å². The van der Waals surface area contributed by atoms with Crippen LogP contribution in [0.4, 0.5) is 4.79 Å². The summed E-state index contributed by atoms with van der Waals surface area (Å²) >= 11 is 0. The molecule has 1 fully saturated rings. The van der Waals surface area contributed by atoms with Gasteiger partial charge in [-0.3, -0.25) is 0 Å². The maximum absolute atomic E-state index is 10.9. The number of piperidine rings is 1. The van der Waals surface area contributed by atoms with E-state index in [9.17, 15) is 4.79 Å². The Kier molecular flexibility index (Phi) is 5.27. The monoisotopic (exact) mass is 294 g/mol. The topological polar surface area (TPSA) is 71.0 Å². The van der Waals surface area contributed by atoms with Crippen molar-refractivity contribution in [3.8, 4) is 11.5 Å². The normalized spacial score (nSPS) is 15.8. The number of hydrogen-bond acceptors (Lipinski definition) is 4. The zero-order chi connectivity index (χ0) is 15.2. The Bertz CT molecular complexity index is 485. The number of likely N-dealkylation sites (tertiary alicyclic amines) is 1. The first kappa shape index (κ1) is 15.4. The van der Waals surface area contributed by atoms with Crippen LogP contribution in [0.3, 0.4) is 0 Å². The van der Waals surface area contributed by atoms with Crippen LogP contribution in [0, 0.1) is 0 Å². The van der Waals surface area contributed by atoms with Crippen molar-refractivity contribution in [3.63, 3.8) is 0 Å². The van der Waals surface area contributed by atoms with Crippen LogP contribution in [0.1, 0.15) is 18.4 Å². The van der Waals surface area contributed by atoms with Crippen molar-refractivity contribution in [2.75, 3.05) is 27.3 Å². The Balaban J connectivity index is 1.87. The molecule has 2 N–H and O–H groups in total. The summed E-state index contributed by atoms with van der Waals surface area (Å²) in [6.07, 6.45) is 0.848. The molecule has 2 rings (SSSR count). The van der Waals surface area contributed by atoms with Gasteiger partial charge in [-0.05, 0) is 18.9 Å². The van der Waals surface area contributed by atoms with Gasteiger partial charge in [-0.1, -0.05) is 6.07 Å². The van der Waals surface area contributed by atoms with Crippen LogP contribution in [-0.4, -0.2) is 49.5 Å². The molecule has 1 aliphatic rings. The van der Waals surface area contributed by atoms with Gasteiger partial charge >= 0.3 is 6.09 Å². The van der Waals surface area contributed by atoms with E-state index in [2.05, 4.69) is 5.32 Å². The maximum atomic E-state index is 10.9. The van der Waals surface area contributed by atoms with E-state index in [4.69, 9.17) is 14.6 Å². The molecule has 0 unspecified atom stereocenters. The Morgan fingerprint density at radius 3 is 2.62 bits per heavy atom. The number of rotatable bonds is 5. The highest BCUT2D eigenvalue weighted by atomic mass is 16.5. The maximum Gasteiger partial charge on any atom is 0.407 e. The first-order valence-corrected chi connectivity index (χ1v) is 7.06. The lowest BCUT2D eigenvalue weighted by molar-refractivity contribution is 0.129. The number of methoxy groups -OCH3 is 2. The van der Waals surface area contributed by atoms with Crippen LogP contribution >= 0.6 is 0 Å². The summed E-state index contributed by atoms with van der Waals surface area (Å²) in [6.45, 7) is 1.88. The van der Waals surface area contributed by atoms with Gasteiger partial charge in [-0.2, -0.15) is 0 Å². The van der Waals surface area contributed by atoms with E-state index in [0.717, 1.165) is 29.9 Å². The minimum absolute atomic E-state index is 0.340. The van der Waals surface area contributed by atoms with Gasteiger partial charge in [0, 0.05) is 37.3 Å². The predicted molar refractivity (Wildman–Crippen MR) is 79.0 cm³/mol. The first-order chi connectivity index (χ1) is 10.1. The molecule has 0 aliphatic carbocycles. The number of nitrogens with zero attached hydrogens (tertiary/aromatic N) is 1. The highest BCUT2D eigenvalue weighted by Gasteiger charge is 2.21. The number of nitrogens with one attached hydrogen (secondary N) is 1. The molecule has 116 valence electrons. The first-order valence-electron chi connectivity index (χ1n) is 7.06. The molecule has 0 saturated carbocycles. The largest absolute Gasteiger partial charge is 0.497 e. The summed E-state index contributed by atoms with van der Waals surface area (Å²) in [5, 5.41) is 12.4. The van der Waals surface area contributed by atoms with E-state index < -0.39 is 6.09 Å². The van der Waals surface area contributed by atoms with Crippen LogP contribution in [0.5, 0.6) is 11.5 Å². The summed E-state index contributed by atoms with van der Waals surface area (Å²) in [5.74, 6) is 1.56. The van der Waals surface area contributed by atoms with Crippen LogP contribution < -0.4 is 14.8 Å². The summed E-state index contributed by atoms with van der Waals surface area (Å²) in [7, 11) is 3.27. The van der Waals surface area contributed by atoms with Gasteiger partial charge in [0.25, 0.3) is 0 Å². The Morgan fingerprint density at radius 2 is 2.05 bits per heavy atom. The molecule has 21 heavy (non-hydrogen) atoms. The second-order valence-corrected chi connectivity index (χ2v) is 5.10. The lowest BCUT2D eigenvalue weighted by Gasteiger charge is -2.30. The molecule has 0 aromatic heterocycles. The molecule has 0 atom stereocenters. The number of carboxylic acid groups (broad SMARTS) is 1. The minimum Gasteiger partial charge on any atom is -0.497 e. The van der Waals surface area contributed by atoms with Crippen molar-refractivity contribution in [2.45, 2.75) is 25.4 Å². The Hall–Kier alpha value is -1.95. The van der Waals surface area contributed by atoms with Crippen molar-refractivity contribution in [2.24, 2.45) is 0 Å². The molecule has 0 bridgehead atoms. The molecular formula is C15H22N2O4. The predicted octanol–water partition coefficient (Wildman–Crippen LogP) is 1.94. The highest BCUT2D eigenvalue weighted by Crippen LogP contribution is 2.24. The van der Waals surface area contributed by atoms with Crippen molar-refractivity contribution in [3.05, 3.63) is 23.8 Å². The zero-order valence-corrected chi connectivity index (χ0v) is 12.5. The standard InChI is InChI=1S/C15H22N2O4/c1-20-13-4-3-11(14(9-13)21-2)10-16-12-5-7-17(8-6-12)15(18)19/h3-4,9,12,16H,5-8,10H2,1-2H3,(H,18,19). The average molecular weight is 294 g/mol. The van der Waals surface area contributed by atoms with E-state index >= 15 is 0 Å². The number of amides is 1. The fourth-order valence-electron chi connectivity index (χ4n) is 2.53. The number of hydrogen-bond donors (Lipinski definition) is 2. The molecule has 1 aliphatic heterocycles. The third kappa shape index (κ3) is 4.01. The molecule has 0 radical (unpaired) electrons. The molecule has 1 aromatic carbocycles. The van der Waals surface area contributed by atoms with Gasteiger partial charge in [-0.25, -0.2) is 4.79 Å². The van der Waals surface area contributed by atoms with Gasteiger partial charge < -0.3 is 24.8 Å². The molecule has 6 nitrogen and oxygen atoms in total. The number of benzene rings is 1. The molecule has 1 heterocycles. The Labute approximate surface area is 124 Å². The van der Waals surface area contributed by atoms with Gasteiger partial charge in [0.2, 0.25) is 0 Å². The second kappa shape index (κ2) is 7.17. The van der Waals surface area contributed by atoms with Gasteiger partial charge in [0.05, 0.1) is 14.2 Å². The highest BCUT2D eigenvalue weighted by molar-refractivity contribution is 5.65. The van der Waals surface area contributed by atoms with E-state index in [1.165, 1.54) is 4.90 Å². The molecule has 0 spiro atoms. The lowest BCUT2D eigenvalue weighted by Crippen LogP contribution is -2.44. The fourth-order valence-corrected chi connectivity index (χ4v) is 2.53. The molecular weight excluding hydrogens is 272 g/mol. The van der Waals surface area contributed by atoms with Crippen molar-refractivity contribution < 1.29 is 19.4 Å². The van der Waals surface area contributed by atoms with Crippen LogP contribution in [0.15, 0.2) is 18.2 Å². The van der Waals surface area contributed by atoms with E-state index in [1.54, 1.807) is 14.2 Å². The molecule has 1 aromatic rings. The summed E-state index contributed by atoms with van der Waals surface area (Å²) in [5.41, 5.74) is 1.07. The SMILES string of the molecule is COc1ccc(CNC2CCN(C(=O)O)CC2)c(OC)c1. The van der Waals surface area contributed by atoms with Crippen LogP contribution in [0.2, 0.25) is 0 Å². The van der Waals surface area contributed by atoms with Gasteiger partial charge in [0.1, 0.15) is 11.5 Å². The lowest BCUT2D eigenvalue weighted by atomic mass is 10.0. The minimum atomic E-state index is -0.828. The van der Waals surface area contributed by atoms with Crippen molar-refractivity contribution >= 4 is 6.09 Å². The summed E-state index contributed by atoms with van der Waals surface area (Å²) < 4.78 is 10.5. The van der Waals surface area contributed by atoms with E-state index in [-0.39, 0.29) is 0 Å². The molecule has 1 saturated heterocycles. The fraction of sp³-hybridized carbons (Fsp3) is 0.533. The van der Waals surface area contributed by atoms with E-state index in [0.29, 0.717) is 25.7 Å². The van der Waals surface area contributed by atoms with Crippen molar-refractivity contribution in [1.29, 1.82) is 0 Å². The third-order valence-corrected chi connectivity index (χ3v) is 3.84. The molecule has 6 heteroatoms. The van der Waals surface area contributed by atoms with Crippen LogP contribution in [0.25, 0.3) is 0 Å².